The SMILES string of the molecule is CCOC(=O)C1(C2CCCNC2)CC(F)(F)C1. The van der Waals surface area contributed by atoms with Gasteiger partial charge in [0.15, 0.2) is 0 Å². The van der Waals surface area contributed by atoms with Gasteiger partial charge in [-0.1, -0.05) is 0 Å². The van der Waals surface area contributed by atoms with Crippen LogP contribution in [-0.2, 0) is 9.53 Å². The molecule has 0 aromatic rings. The fraction of sp³-hybridized carbons (Fsp3) is 0.917. The molecule has 0 bridgehead atoms. The molecule has 0 radical (unpaired) electrons. The van der Waals surface area contributed by atoms with Crippen molar-refractivity contribution >= 4 is 5.97 Å². The molecular weight excluding hydrogens is 228 g/mol. The van der Waals surface area contributed by atoms with Crippen LogP contribution in [0.2, 0.25) is 0 Å². The van der Waals surface area contributed by atoms with Crippen molar-refractivity contribution in [3.8, 4) is 0 Å². The van der Waals surface area contributed by atoms with Crippen LogP contribution in [0.15, 0.2) is 0 Å². The van der Waals surface area contributed by atoms with Crippen molar-refractivity contribution in [2.45, 2.75) is 38.5 Å². The third-order valence-corrected chi connectivity index (χ3v) is 3.91. The van der Waals surface area contributed by atoms with Gasteiger partial charge in [-0.15, -0.1) is 0 Å². The molecule has 3 nitrogen and oxygen atoms in total. The predicted octanol–water partition coefficient (Wildman–Crippen LogP) is 1.96. The summed E-state index contributed by atoms with van der Waals surface area (Å²) in [5, 5.41) is 3.18. The highest BCUT2D eigenvalue weighted by molar-refractivity contribution is 5.79. The Morgan fingerprint density at radius 3 is 2.65 bits per heavy atom. The number of hydrogen-bond acceptors (Lipinski definition) is 3. The van der Waals surface area contributed by atoms with Crippen LogP contribution < -0.4 is 5.32 Å². The van der Waals surface area contributed by atoms with Gasteiger partial charge < -0.3 is 10.1 Å². The maximum atomic E-state index is 13.2. The molecule has 2 rings (SSSR count). The van der Waals surface area contributed by atoms with E-state index < -0.39 is 17.3 Å². The molecule has 1 aliphatic carbocycles. The standard InChI is InChI=1S/C12H19F2NO2/c1-2-17-10(16)11(7-12(13,14)8-11)9-4-3-5-15-6-9/h9,15H,2-8H2,1H3. The van der Waals surface area contributed by atoms with Gasteiger partial charge in [-0.25, -0.2) is 8.78 Å². The highest BCUT2D eigenvalue weighted by Gasteiger charge is 2.64. The smallest absolute Gasteiger partial charge is 0.312 e. The van der Waals surface area contributed by atoms with Crippen LogP contribution in [-0.4, -0.2) is 31.6 Å². The Kier molecular flexibility index (Phi) is 3.39. The normalized spacial score (nSPS) is 30.4. The van der Waals surface area contributed by atoms with Crippen molar-refractivity contribution in [2.24, 2.45) is 11.3 Å². The highest BCUT2D eigenvalue weighted by atomic mass is 19.3. The lowest BCUT2D eigenvalue weighted by molar-refractivity contribution is -0.212. The maximum Gasteiger partial charge on any atom is 0.312 e. The van der Waals surface area contributed by atoms with Crippen LogP contribution in [0.3, 0.4) is 0 Å². The van der Waals surface area contributed by atoms with E-state index in [0.717, 1.165) is 19.4 Å². The second-order valence-corrected chi connectivity index (χ2v) is 5.13. The number of carbonyl (C=O) groups excluding carboxylic acids is 1. The summed E-state index contributed by atoms with van der Waals surface area (Å²) in [6.07, 6.45) is 1.09. The van der Waals surface area contributed by atoms with E-state index in [4.69, 9.17) is 4.74 Å². The minimum absolute atomic E-state index is 0.00470. The van der Waals surface area contributed by atoms with E-state index >= 15 is 0 Å². The van der Waals surface area contributed by atoms with Gasteiger partial charge in [0.25, 0.3) is 0 Å². The third-order valence-electron chi connectivity index (χ3n) is 3.91. The molecule has 2 fully saturated rings. The van der Waals surface area contributed by atoms with Gasteiger partial charge in [0.05, 0.1) is 12.0 Å². The van der Waals surface area contributed by atoms with Crippen LogP contribution in [0.25, 0.3) is 0 Å². The highest BCUT2D eigenvalue weighted by Crippen LogP contribution is 2.58. The van der Waals surface area contributed by atoms with Crippen molar-refractivity contribution < 1.29 is 18.3 Å². The van der Waals surface area contributed by atoms with E-state index in [2.05, 4.69) is 5.32 Å². The molecule has 1 N–H and O–H groups in total. The second kappa shape index (κ2) is 4.52. The van der Waals surface area contributed by atoms with E-state index in [0.29, 0.717) is 6.54 Å². The number of halogens is 2. The largest absolute Gasteiger partial charge is 0.466 e. The fourth-order valence-electron chi connectivity index (χ4n) is 3.07. The summed E-state index contributed by atoms with van der Waals surface area (Å²) in [6.45, 7) is 3.52. The van der Waals surface area contributed by atoms with Gasteiger partial charge in [-0.2, -0.15) is 0 Å². The number of alkyl halides is 2. The van der Waals surface area contributed by atoms with Crippen LogP contribution in [0.5, 0.6) is 0 Å². The van der Waals surface area contributed by atoms with Gasteiger partial charge in [-0.3, -0.25) is 4.79 Å². The Morgan fingerprint density at radius 1 is 1.47 bits per heavy atom. The molecular formula is C12H19F2NO2. The molecule has 0 amide bonds. The molecule has 1 saturated heterocycles. The van der Waals surface area contributed by atoms with Gasteiger partial charge in [0, 0.05) is 12.8 Å². The topological polar surface area (TPSA) is 38.3 Å². The molecule has 98 valence electrons. The molecule has 1 unspecified atom stereocenters. The Morgan fingerprint density at radius 2 is 2.18 bits per heavy atom. The van der Waals surface area contributed by atoms with Crippen molar-refractivity contribution in [1.29, 1.82) is 0 Å². The Labute approximate surface area is 99.9 Å². The summed E-state index contributed by atoms with van der Waals surface area (Å²) in [7, 11) is 0. The zero-order valence-electron chi connectivity index (χ0n) is 10.1. The van der Waals surface area contributed by atoms with Gasteiger partial charge in [0.2, 0.25) is 5.92 Å². The lowest BCUT2D eigenvalue weighted by Crippen LogP contribution is -2.58. The zero-order chi connectivity index (χ0) is 12.5. The number of nitrogens with one attached hydrogen (secondary N) is 1. The molecule has 5 heteroatoms. The van der Waals surface area contributed by atoms with Crippen LogP contribution in [0, 0.1) is 11.3 Å². The lowest BCUT2D eigenvalue weighted by atomic mass is 9.57. The molecule has 1 aliphatic heterocycles. The van der Waals surface area contributed by atoms with Crippen LogP contribution >= 0.6 is 0 Å². The number of carbonyl (C=O) groups is 1. The van der Waals surface area contributed by atoms with Crippen molar-refractivity contribution in [3.05, 3.63) is 0 Å². The number of ether oxygens (including phenoxy) is 1. The molecule has 17 heavy (non-hydrogen) atoms. The summed E-state index contributed by atoms with van der Waals surface area (Å²) in [6, 6.07) is 0. The van der Waals surface area contributed by atoms with E-state index in [1.807, 2.05) is 0 Å². The fourth-order valence-corrected chi connectivity index (χ4v) is 3.07. The number of piperidine rings is 1. The third kappa shape index (κ3) is 2.30. The summed E-state index contributed by atoms with van der Waals surface area (Å²) in [5.41, 5.74) is -0.938. The summed E-state index contributed by atoms with van der Waals surface area (Å²) in [4.78, 5) is 12.0. The van der Waals surface area contributed by atoms with E-state index in [-0.39, 0.29) is 25.4 Å². The maximum absolute atomic E-state index is 13.2. The molecule has 0 aromatic carbocycles. The zero-order valence-corrected chi connectivity index (χ0v) is 10.1. The van der Waals surface area contributed by atoms with Crippen molar-refractivity contribution in [1.82, 2.24) is 5.32 Å². The van der Waals surface area contributed by atoms with E-state index in [9.17, 15) is 13.6 Å². The van der Waals surface area contributed by atoms with Gasteiger partial charge >= 0.3 is 5.97 Å². The van der Waals surface area contributed by atoms with Crippen LogP contribution in [0.1, 0.15) is 32.6 Å². The van der Waals surface area contributed by atoms with Gasteiger partial charge in [0.1, 0.15) is 0 Å². The summed E-state index contributed by atoms with van der Waals surface area (Å²) in [5.74, 6) is -3.13. The monoisotopic (exact) mass is 247 g/mol. The lowest BCUT2D eigenvalue weighted by Gasteiger charge is -2.50. The molecule has 0 aromatic heterocycles. The molecule has 2 aliphatic rings. The van der Waals surface area contributed by atoms with Gasteiger partial charge in [-0.05, 0) is 38.8 Å². The van der Waals surface area contributed by atoms with Crippen molar-refractivity contribution in [2.75, 3.05) is 19.7 Å². The summed E-state index contributed by atoms with van der Waals surface area (Å²) < 4.78 is 31.3. The van der Waals surface area contributed by atoms with Crippen molar-refractivity contribution in [3.63, 3.8) is 0 Å². The Bertz CT molecular complexity index is 293. The predicted molar refractivity (Wildman–Crippen MR) is 58.8 cm³/mol. The first-order chi connectivity index (χ1) is 8.00. The average molecular weight is 247 g/mol. The first-order valence-corrected chi connectivity index (χ1v) is 6.26. The van der Waals surface area contributed by atoms with E-state index in [1.54, 1.807) is 6.92 Å². The molecule has 1 heterocycles. The second-order valence-electron chi connectivity index (χ2n) is 5.13. The molecule has 1 saturated carbocycles. The Hall–Kier alpha value is -0.710. The number of rotatable bonds is 3. The minimum atomic E-state index is -2.69. The first-order valence-electron chi connectivity index (χ1n) is 6.26. The quantitative estimate of drug-likeness (QED) is 0.775. The first kappa shape index (κ1) is 12.7. The average Bonchev–Trinajstić information content (AvgIpc) is 2.26. The minimum Gasteiger partial charge on any atom is -0.466 e. The van der Waals surface area contributed by atoms with Crippen LogP contribution in [0.4, 0.5) is 8.78 Å². The number of hydrogen-bond donors (Lipinski definition) is 1. The number of esters is 1. The molecule has 0 spiro atoms. The summed E-state index contributed by atoms with van der Waals surface area (Å²) >= 11 is 0. The van der Waals surface area contributed by atoms with E-state index in [1.165, 1.54) is 0 Å². The Balaban J connectivity index is 2.10. The molecule has 1 atom stereocenters.